The number of halogens is 1. The number of carbonyl (C=O) groups is 2. The zero-order valence-corrected chi connectivity index (χ0v) is 15.0. The van der Waals surface area contributed by atoms with E-state index in [1.807, 2.05) is 54.6 Å². The van der Waals surface area contributed by atoms with Crippen LogP contribution in [-0.2, 0) is 16.0 Å². The van der Waals surface area contributed by atoms with Gasteiger partial charge in [-0.15, -0.1) is 0 Å². The normalized spacial score (nSPS) is 11.0. The number of hydrogen-bond donors (Lipinski definition) is 2. The van der Waals surface area contributed by atoms with Crippen molar-refractivity contribution in [2.45, 2.75) is 13.3 Å². The van der Waals surface area contributed by atoms with Gasteiger partial charge in [0, 0.05) is 17.9 Å². The molecule has 2 aromatic rings. The zero-order valence-electron chi connectivity index (χ0n) is 13.4. The quantitative estimate of drug-likeness (QED) is 0.748. The highest BCUT2D eigenvalue weighted by Gasteiger charge is 2.11. The average Bonchev–Trinajstić information content (AvgIpc) is 2.56. The van der Waals surface area contributed by atoms with Gasteiger partial charge in [0.25, 0.3) is 5.91 Å². The molecule has 2 N–H and O–H groups in total. The van der Waals surface area contributed by atoms with Crippen LogP contribution in [-0.4, -0.2) is 18.4 Å². The van der Waals surface area contributed by atoms with E-state index >= 15 is 0 Å². The van der Waals surface area contributed by atoms with Crippen molar-refractivity contribution >= 4 is 33.8 Å². The molecule has 0 spiro atoms. The molecule has 0 aromatic heterocycles. The van der Waals surface area contributed by atoms with E-state index in [4.69, 9.17) is 0 Å². The van der Waals surface area contributed by atoms with Crippen molar-refractivity contribution < 1.29 is 9.59 Å². The lowest BCUT2D eigenvalue weighted by atomic mass is 10.1. The van der Waals surface area contributed by atoms with Crippen molar-refractivity contribution in [3.8, 4) is 0 Å². The number of nitrogens with one attached hydrogen (secondary N) is 2. The van der Waals surface area contributed by atoms with Crippen LogP contribution in [0.1, 0.15) is 18.1 Å². The van der Waals surface area contributed by atoms with E-state index in [1.54, 1.807) is 6.08 Å². The van der Waals surface area contributed by atoms with Crippen LogP contribution in [0.5, 0.6) is 0 Å². The van der Waals surface area contributed by atoms with E-state index < -0.39 is 0 Å². The Hall–Kier alpha value is -2.40. The van der Waals surface area contributed by atoms with Gasteiger partial charge in [0.05, 0.1) is 0 Å². The zero-order chi connectivity index (χ0) is 17.4. The Morgan fingerprint density at radius 3 is 2.38 bits per heavy atom. The highest BCUT2D eigenvalue weighted by Crippen LogP contribution is 2.18. The highest BCUT2D eigenvalue weighted by atomic mass is 79.9. The summed E-state index contributed by atoms with van der Waals surface area (Å²) in [5.41, 5.74) is 2.19. The van der Waals surface area contributed by atoms with Crippen LogP contribution in [0, 0.1) is 0 Å². The third kappa shape index (κ3) is 5.66. The van der Waals surface area contributed by atoms with Crippen molar-refractivity contribution in [3.05, 3.63) is 75.9 Å². The van der Waals surface area contributed by atoms with Gasteiger partial charge >= 0.3 is 0 Å². The second kappa shape index (κ2) is 9.03. The van der Waals surface area contributed by atoms with Crippen molar-refractivity contribution in [2.24, 2.45) is 0 Å². The summed E-state index contributed by atoms with van der Waals surface area (Å²) in [6, 6.07) is 17.4. The van der Waals surface area contributed by atoms with Crippen LogP contribution in [0.25, 0.3) is 6.08 Å². The van der Waals surface area contributed by atoms with E-state index in [9.17, 15) is 9.59 Å². The molecular weight excluding hydrogens is 368 g/mol. The third-order valence-corrected chi connectivity index (χ3v) is 4.02. The molecule has 4 nitrogen and oxygen atoms in total. The van der Waals surface area contributed by atoms with E-state index in [0.29, 0.717) is 6.54 Å². The summed E-state index contributed by atoms with van der Waals surface area (Å²) < 4.78 is 0.852. The third-order valence-electron chi connectivity index (χ3n) is 3.30. The largest absolute Gasteiger partial charge is 0.350 e. The van der Waals surface area contributed by atoms with Gasteiger partial charge in [-0.25, -0.2) is 0 Å². The Kier molecular flexibility index (Phi) is 6.75. The molecule has 0 aliphatic carbocycles. The number of rotatable bonds is 6. The first-order chi connectivity index (χ1) is 11.6. The second-order valence-electron chi connectivity index (χ2n) is 5.25. The summed E-state index contributed by atoms with van der Waals surface area (Å²) in [4.78, 5) is 23.8. The fourth-order valence-electron chi connectivity index (χ4n) is 2.16. The van der Waals surface area contributed by atoms with E-state index in [-0.39, 0.29) is 17.5 Å². The molecule has 0 aliphatic heterocycles. The summed E-state index contributed by atoms with van der Waals surface area (Å²) in [5.74, 6) is -0.594. The lowest BCUT2D eigenvalue weighted by Gasteiger charge is -2.10. The Balaban J connectivity index is 2.05. The molecule has 24 heavy (non-hydrogen) atoms. The van der Waals surface area contributed by atoms with Gasteiger partial charge in [0.1, 0.15) is 5.70 Å². The first-order valence-corrected chi connectivity index (χ1v) is 8.41. The van der Waals surface area contributed by atoms with Crippen molar-refractivity contribution in [3.63, 3.8) is 0 Å². The van der Waals surface area contributed by atoms with Gasteiger partial charge in [0.2, 0.25) is 5.91 Å². The van der Waals surface area contributed by atoms with Crippen LogP contribution in [0.2, 0.25) is 0 Å². The Morgan fingerprint density at radius 2 is 1.71 bits per heavy atom. The summed E-state index contributed by atoms with van der Waals surface area (Å²) in [5, 5.41) is 5.43. The van der Waals surface area contributed by atoms with E-state index in [1.165, 1.54) is 6.92 Å². The predicted molar refractivity (Wildman–Crippen MR) is 99.1 cm³/mol. The van der Waals surface area contributed by atoms with Gasteiger partial charge < -0.3 is 10.6 Å². The lowest BCUT2D eigenvalue weighted by molar-refractivity contribution is -0.122. The highest BCUT2D eigenvalue weighted by molar-refractivity contribution is 9.10. The van der Waals surface area contributed by atoms with Gasteiger partial charge in [-0.05, 0) is 29.7 Å². The van der Waals surface area contributed by atoms with E-state index in [2.05, 4.69) is 26.6 Å². The molecule has 2 rings (SSSR count). The van der Waals surface area contributed by atoms with Crippen LogP contribution in [0.4, 0.5) is 0 Å². The minimum atomic E-state index is -0.308. The molecule has 5 heteroatoms. The SMILES string of the molecule is CC(=O)N/C(=C/c1ccccc1Br)C(=O)NCCc1ccccc1. The molecule has 0 radical (unpaired) electrons. The molecule has 0 fully saturated rings. The summed E-state index contributed by atoms with van der Waals surface area (Å²) in [7, 11) is 0. The number of benzene rings is 2. The Bertz CT molecular complexity index is 742. The van der Waals surface area contributed by atoms with Crippen molar-refractivity contribution in [1.82, 2.24) is 10.6 Å². The molecule has 2 aromatic carbocycles. The summed E-state index contributed by atoms with van der Waals surface area (Å²) >= 11 is 3.43. The molecule has 0 atom stereocenters. The smallest absolute Gasteiger partial charge is 0.267 e. The van der Waals surface area contributed by atoms with Gasteiger partial charge in [-0.2, -0.15) is 0 Å². The van der Waals surface area contributed by atoms with Crippen LogP contribution >= 0.6 is 15.9 Å². The van der Waals surface area contributed by atoms with Crippen LogP contribution in [0.3, 0.4) is 0 Å². The predicted octanol–water partition coefficient (Wildman–Crippen LogP) is 3.29. The van der Waals surface area contributed by atoms with Gasteiger partial charge in [-0.3, -0.25) is 9.59 Å². The van der Waals surface area contributed by atoms with Gasteiger partial charge in [-0.1, -0.05) is 64.5 Å². The Labute approximate surface area is 150 Å². The van der Waals surface area contributed by atoms with Gasteiger partial charge in [0.15, 0.2) is 0 Å². The van der Waals surface area contributed by atoms with Crippen molar-refractivity contribution in [2.75, 3.05) is 6.54 Å². The molecule has 0 aliphatic rings. The maximum Gasteiger partial charge on any atom is 0.267 e. The summed E-state index contributed by atoms with van der Waals surface area (Å²) in [6.07, 6.45) is 2.39. The molecule has 0 saturated heterocycles. The standard InChI is InChI=1S/C19H19BrN2O2/c1-14(23)22-18(13-16-9-5-6-10-17(16)20)19(24)21-12-11-15-7-3-2-4-8-15/h2-10,13H,11-12H2,1H3,(H,21,24)(H,22,23)/b18-13+. The molecule has 0 heterocycles. The topological polar surface area (TPSA) is 58.2 Å². The minimum absolute atomic E-state index is 0.225. The minimum Gasteiger partial charge on any atom is -0.350 e. The molecule has 0 bridgehead atoms. The molecule has 0 unspecified atom stereocenters. The van der Waals surface area contributed by atoms with Crippen molar-refractivity contribution in [1.29, 1.82) is 0 Å². The fraction of sp³-hybridized carbons (Fsp3) is 0.158. The lowest BCUT2D eigenvalue weighted by Crippen LogP contribution is -2.34. The average molecular weight is 387 g/mol. The van der Waals surface area contributed by atoms with Crippen LogP contribution in [0.15, 0.2) is 64.8 Å². The Morgan fingerprint density at radius 1 is 1.04 bits per heavy atom. The number of hydrogen-bond acceptors (Lipinski definition) is 2. The molecule has 0 saturated carbocycles. The maximum absolute atomic E-state index is 12.4. The molecular formula is C19H19BrN2O2. The molecule has 124 valence electrons. The summed E-state index contributed by atoms with van der Waals surface area (Å²) in [6.45, 7) is 1.88. The maximum atomic E-state index is 12.4. The molecule has 2 amide bonds. The van der Waals surface area contributed by atoms with E-state index in [0.717, 1.165) is 22.0 Å². The second-order valence-corrected chi connectivity index (χ2v) is 6.11. The van der Waals surface area contributed by atoms with Crippen LogP contribution < -0.4 is 10.6 Å². The number of carbonyl (C=O) groups excluding carboxylic acids is 2. The fourth-order valence-corrected chi connectivity index (χ4v) is 2.56. The number of amides is 2. The first-order valence-electron chi connectivity index (χ1n) is 7.62. The monoisotopic (exact) mass is 386 g/mol. The first kappa shape index (κ1) is 17.9.